The van der Waals surface area contributed by atoms with E-state index >= 15 is 0 Å². The van der Waals surface area contributed by atoms with Gasteiger partial charge in [-0.15, -0.1) is 12.8 Å². The summed E-state index contributed by atoms with van der Waals surface area (Å²) in [6, 6.07) is 30.1. The average Bonchev–Trinajstić information content (AvgIpc) is 0.867. The van der Waals surface area contributed by atoms with Gasteiger partial charge in [-0.05, 0) is 207 Å². The molecule has 11 nitrogen and oxygen atoms in total. The molecule has 0 saturated heterocycles. The van der Waals surface area contributed by atoms with Crippen molar-refractivity contribution in [2.24, 2.45) is 0 Å². The fraction of sp³-hybridized carbons (Fsp3) is 0.421. The zero-order valence-corrected chi connectivity index (χ0v) is 74.7. The summed E-state index contributed by atoms with van der Waals surface area (Å²) in [6.45, 7) is 14.3. The zero-order chi connectivity index (χ0) is 89.4. The Bertz CT molecular complexity index is 5240. The Morgan fingerprint density at radius 1 is 0.200 bits per heavy atom. The molecular weight excluding hydrogens is 1550 g/mol. The summed E-state index contributed by atoms with van der Waals surface area (Å²) < 4.78 is 28.7. The molecule has 0 spiro atoms. The monoisotopic (exact) mass is 1670 g/mol. The number of carbonyl (C=O) groups excluding carboxylic acids is 6. The Labute approximate surface area is 748 Å². The average molecular weight is 1670 g/mol. The highest BCUT2D eigenvalue weighted by molar-refractivity contribution is 5.97. The van der Waals surface area contributed by atoms with Crippen LogP contribution in [0.1, 0.15) is 408 Å². The molecular formula is C114H122O11. The molecule has 0 fully saturated rings. The lowest BCUT2D eigenvalue weighted by Crippen LogP contribution is -2.07. The minimum Gasteiger partial charge on any atom is -0.462 e. The van der Waals surface area contributed by atoms with Crippen LogP contribution in [0.5, 0.6) is 0 Å². The van der Waals surface area contributed by atoms with Crippen LogP contribution in [0.2, 0.25) is 0 Å². The van der Waals surface area contributed by atoms with Crippen LogP contribution in [0, 0.1) is 143 Å². The molecule has 6 aromatic rings. The maximum atomic E-state index is 13.8. The predicted molar refractivity (Wildman–Crippen MR) is 504 cm³/mol. The second-order valence-corrected chi connectivity index (χ2v) is 31.0. The summed E-state index contributed by atoms with van der Waals surface area (Å²) in [5.74, 6) is 62.4. The number of ether oxygens (including phenoxy) is 5. The zero-order valence-electron chi connectivity index (χ0n) is 74.7. The van der Waals surface area contributed by atoms with Crippen LogP contribution in [0.4, 0.5) is 0 Å². The van der Waals surface area contributed by atoms with Crippen LogP contribution in [0.25, 0.3) is 0 Å². The standard InChI is InChI=1S/C114H122O11/c1-9-17-23-29-35-41-67-109(115)103-79-91(15-7)73-93(81-103)57-42-44-59-95-75-97(85-105(83-95)111(117)122-69-53-37-31-25-19-11-3)61-46-48-63-99-77-101(89-107(87-99)113(119)124-71-55-39-33-27-21-13-5)65-50-51-66-102-78-100(88-108(90-102)114(120)125-72-56-40-34-28-22-14-6)64-49-47-62-98-76-96(84-106(86-98)112(118)123-70-54-38-32-26-20-12-4)60-45-43-58-94-74-92(16-8)80-104(82-94)110(116)121-68-52-36-30-24-18-10-2/h7-8,73-90H,9-14,17-41,52-56,67-72H2,1-6H3. The van der Waals surface area contributed by atoms with Gasteiger partial charge in [0.2, 0.25) is 0 Å². The molecule has 11 heteroatoms. The predicted octanol–water partition coefficient (Wildman–Crippen LogP) is 24.2. The molecule has 6 aromatic carbocycles. The number of hydrogen-bond donors (Lipinski definition) is 0. The Morgan fingerprint density at radius 2 is 0.352 bits per heavy atom. The largest absolute Gasteiger partial charge is 0.462 e. The third-order valence-corrected chi connectivity index (χ3v) is 20.2. The first-order chi connectivity index (χ1) is 61.2. The number of carbonyl (C=O) groups is 6. The van der Waals surface area contributed by atoms with Crippen LogP contribution in [-0.2, 0) is 23.7 Å². The minimum atomic E-state index is -0.541. The van der Waals surface area contributed by atoms with E-state index in [4.69, 9.17) is 36.5 Å². The number of unbranched alkanes of at least 4 members (excludes halogenated alkanes) is 30. The van der Waals surface area contributed by atoms with Gasteiger partial charge in [-0.3, -0.25) is 4.79 Å². The summed E-state index contributed by atoms with van der Waals surface area (Å²) in [6.07, 6.45) is 49.3. The van der Waals surface area contributed by atoms with E-state index in [1.807, 2.05) is 0 Å². The second kappa shape index (κ2) is 63.1. The van der Waals surface area contributed by atoms with Crippen LogP contribution in [-0.4, -0.2) is 68.7 Å². The molecule has 0 radical (unpaired) electrons. The summed E-state index contributed by atoms with van der Waals surface area (Å²) in [5.41, 5.74) is 7.32. The topological polar surface area (TPSA) is 149 Å². The number of Topliss-reactive ketones (excluding diaryl/α,β-unsaturated/α-hetero) is 1. The van der Waals surface area contributed by atoms with Gasteiger partial charge in [0.15, 0.2) is 5.78 Å². The number of ketones is 1. The first-order valence-corrected chi connectivity index (χ1v) is 45.5. The molecule has 0 unspecified atom stereocenters. The quantitative estimate of drug-likeness (QED) is 0.0118. The molecule has 0 aliphatic heterocycles. The van der Waals surface area contributed by atoms with E-state index in [0.29, 0.717) is 104 Å². The molecule has 0 saturated carbocycles. The number of hydrogen-bond acceptors (Lipinski definition) is 11. The fourth-order valence-electron chi connectivity index (χ4n) is 13.3. The summed E-state index contributed by atoms with van der Waals surface area (Å²) in [4.78, 5) is 81.3. The van der Waals surface area contributed by atoms with Gasteiger partial charge in [0.25, 0.3) is 0 Å². The van der Waals surface area contributed by atoms with Gasteiger partial charge in [-0.2, -0.15) is 0 Å². The van der Waals surface area contributed by atoms with Gasteiger partial charge in [-0.25, -0.2) is 24.0 Å². The molecule has 0 heterocycles. The maximum Gasteiger partial charge on any atom is 0.338 e. The van der Waals surface area contributed by atoms with Crippen molar-refractivity contribution >= 4 is 35.6 Å². The Balaban J connectivity index is 1.34. The Kier molecular flexibility index (Phi) is 50.9. The molecule has 644 valence electrons. The molecule has 6 rings (SSSR count). The van der Waals surface area contributed by atoms with Crippen molar-refractivity contribution in [3.63, 3.8) is 0 Å². The lowest BCUT2D eigenvalue weighted by atomic mass is 9.99. The molecule has 0 N–H and O–H groups in total. The van der Waals surface area contributed by atoms with Gasteiger partial charge in [0, 0.05) is 78.7 Å². The molecule has 0 aliphatic rings. The Morgan fingerprint density at radius 3 is 0.544 bits per heavy atom. The third-order valence-electron chi connectivity index (χ3n) is 20.2. The molecule has 125 heavy (non-hydrogen) atoms. The Hall–Kier alpha value is -12.9. The molecule has 0 amide bonds. The van der Waals surface area contributed by atoms with E-state index in [1.54, 1.807) is 109 Å². The molecule has 0 bridgehead atoms. The maximum absolute atomic E-state index is 13.8. The van der Waals surface area contributed by atoms with Crippen molar-refractivity contribution in [3.8, 4) is 143 Å². The van der Waals surface area contributed by atoms with E-state index in [-0.39, 0.29) is 54.5 Å². The van der Waals surface area contributed by atoms with Crippen LogP contribution >= 0.6 is 0 Å². The number of esters is 5. The number of terminal acetylenes is 2. The van der Waals surface area contributed by atoms with Crippen molar-refractivity contribution in [3.05, 3.63) is 209 Å². The van der Waals surface area contributed by atoms with E-state index in [1.165, 1.54) is 12.8 Å². The molecule has 0 aromatic heterocycles. The summed E-state index contributed by atoms with van der Waals surface area (Å²) in [7, 11) is 0. The van der Waals surface area contributed by atoms with Crippen molar-refractivity contribution in [1.82, 2.24) is 0 Å². The first-order valence-electron chi connectivity index (χ1n) is 45.5. The number of rotatable bonds is 48. The van der Waals surface area contributed by atoms with Gasteiger partial charge >= 0.3 is 29.8 Å². The second-order valence-electron chi connectivity index (χ2n) is 31.0. The van der Waals surface area contributed by atoms with Gasteiger partial charge in [-0.1, -0.05) is 305 Å². The van der Waals surface area contributed by atoms with E-state index in [2.05, 4.69) is 172 Å². The smallest absolute Gasteiger partial charge is 0.338 e. The van der Waals surface area contributed by atoms with Gasteiger partial charge < -0.3 is 23.7 Å². The van der Waals surface area contributed by atoms with Crippen molar-refractivity contribution in [1.29, 1.82) is 0 Å². The van der Waals surface area contributed by atoms with Crippen molar-refractivity contribution < 1.29 is 52.5 Å². The van der Waals surface area contributed by atoms with E-state index < -0.39 is 29.8 Å². The SMILES string of the molecule is C#Cc1cc(C#CC#Cc2cc(C#CC#Cc3cc(C#CC#Cc4cc(C#CC#Cc5cc(C#CC#Cc6cc(C#C)cc(C(=O)OCCCCCCCC)c6)cc(C(=O)OCCCCCCCC)c5)cc(C(=O)OCCCCCCCC)c4)cc(C(=O)OCCCCCCCC)c3)cc(C(=O)OCCCCCCCC)c2)cc(C(=O)CCCCCCCC)c1. The van der Waals surface area contributed by atoms with E-state index in [0.717, 1.165) is 205 Å². The highest BCUT2D eigenvalue weighted by atomic mass is 16.5. The van der Waals surface area contributed by atoms with Gasteiger partial charge in [0.05, 0.1) is 60.9 Å². The third kappa shape index (κ3) is 43.1. The molecule has 0 atom stereocenters. The highest BCUT2D eigenvalue weighted by Crippen LogP contribution is 2.21. The lowest BCUT2D eigenvalue weighted by Gasteiger charge is -2.06. The van der Waals surface area contributed by atoms with Gasteiger partial charge in [0.1, 0.15) is 0 Å². The fourth-order valence-corrected chi connectivity index (χ4v) is 13.3. The van der Waals surface area contributed by atoms with Crippen LogP contribution < -0.4 is 0 Å². The highest BCUT2D eigenvalue weighted by Gasteiger charge is 2.17. The van der Waals surface area contributed by atoms with Crippen molar-refractivity contribution in [2.75, 3.05) is 33.0 Å². The normalized spacial score (nSPS) is 9.92. The first kappa shape index (κ1) is 101. The minimum absolute atomic E-state index is 0.0202. The summed E-state index contributed by atoms with van der Waals surface area (Å²) >= 11 is 0. The number of benzene rings is 6. The summed E-state index contributed by atoms with van der Waals surface area (Å²) in [5, 5.41) is 0. The molecule has 0 aliphatic carbocycles. The lowest BCUT2D eigenvalue weighted by molar-refractivity contribution is 0.0488. The van der Waals surface area contributed by atoms with E-state index in [9.17, 15) is 28.8 Å². The van der Waals surface area contributed by atoms with Crippen molar-refractivity contribution in [2.45, 2.75) is 279 Å². The van der Waals surface area contributed by atoms with Crippen LogP contribution in [0.3, 0.4) is 0 Å². The van der Waals surface area contributed by atoms with Crippen LogP contribution in [0.15, 0.2) is 109 Å².